The van der Waals surface area contributed by atoms with Crippen molar-refractivity contribution in [1.82, 2.24) is 14.8 Å². The average molecular weight is 665 g/mol. The first-order chi connectivity index (χ1) is 20.8. The van der Waals surface area contributed by atoms with Crippen molar-refractivity contribution >= 4 is 45.2 Å². The van der Waals surface area contributed by atoms with Gasteiger partial charge in [-0.15, -0.1) is 5.10 Å². The van der Waals surface area contributed by atoms with Gasteiger partial charge in [0.15, 0.2) is 11.5 Å². The normalized spacial score (nSPS) is 14.1. The number of fused-ring (bicyclic) bond motifs is 1. The maximum Gasteiger partial charge on any atom is 0.255 e. The van der Waals surface area contributed by atoms with E-state index in [1.165, 1.54) is 0 Å². The molecule has 0 saturated heterocycles. The van der Waals surface area contributed by atoms with Crippen molar-refractivity contribution in [2.45, 2.75) is 45.0 Å². The molecule has 0 bridgehead atoms. The van der Waals surface area contributed by atoms with Crippen molar-refractivity contribution in [3.05, 3.63) is 93.1 Å². The van der Waals surface area contributed by atoms with Gasteiger partial charge in [-0.3, -0.25) is 4.79 Å². The fraction of sp³-hybridized carbons (Fsp3) is 0.281. The van der Waals surface area contributed by atoms with Crippen LogP contribution in [-0.2, 0) is 11.4 Å². The van der Waals surface area contributed by atoms with E-state index < -0.39 is 6.04 Å². The number of para-hydroxylation sites is 2. The van der Waals surface area contributed by atoms with Gasteiger partial charge in [0.1, 0.15) is 18.4 Å². The number of nitrogens with zero attached hydrogens (tertiary/aromatic N) is 3. The first-order valence-electron chi connectivity index (χ1n) is 13.9. The molecule has 1 amide bonds. The first-order valence-corrected chi connectivity index (χ1v) is 15.7. The van der Waals surface area contributed by atoms with Crippen LogP contribution < -0.4 is 24.8 Å². The summed E-state index contributed by atoms with van der Waals surface area (Å²) in [6, 6.07) is 18.7. The van der Waals surface area contributed by atoms with E-state index in [0.29, 0.717) is 56.4 Å². The zero-order valence-corrected chi connectivity index (χ0v) is 27.1. The first kappa shape index (κ1) is 30.5. The summed E-state index contributed by atoms with van der Waals surface area (Å²) in [6.07, 6.45) is 0.989. The summed E-state index contributed by atoms with van der Waals surface area (Å²) >= 11 is 5.29. The molecule has 1 aliphatic rings. The van der Waals surface area contributed by atoms with Gasteiger partial charge in [0, 0.05) is 11.4 Å². The van der Waals surface area contributed by atoms with Gasteiger partial charge in [-0.05, 0) is 71.6 Å². The van der Waals surface area contributed by atoms with Crippen LogP contribution >= 0.6 is 27.7 Å². The van der Waals surface area contributed by atoms with Crippen molar-refractivity contribution in [2.75, 3.05) is 30.6 Å². The average Bonchev–Trinajstić information content (AvgIpc) is 3.40. The highest BCUT2D eigenvalue weighted by atomic mass is 79.9. The number of halogens is 1. The number of carbonyl (C=O) groups excluding carboxylic acids is 1. The molecule has 0 aliphatic carbocycles. The van der Waals surface area contributed by atoms with Gasteiger partial charge in [-0.1, -0.05) is 60.6 Å². The zero-order valence-electron chi connectivity index (χ0n) is 24.7. The monoisotopic (exact) mass is 663 g/mol. The molecule has 3 aromatic carbocycles. The second-order valence-electron chi connectivity index (χ2n) is 10.0. The molecule has 11 heteroatoms. The number of allylic oxidation sites excluding steroid dienone is 1. The number of aromatic nitrogens is 3. The Morgan fingerprint density at radius 1 is 1.07 bits per heavy atom. The van der Waals surface area contributed by atoms with Crippen molar-refractivity contribution in [3.8, 4) is 17.2 Å². The summed E-state index contributed by atoms with van der Waals surface area (Å²) in [7, 11) is 3.17. The number of hydrogen-bond donors (Lipinski definition) is 2. The molecule has 0 radical (unpaired) electrons. The van der Waals surface area contributed by atoms with Crippen LogP contribution in [0.15, 0.2) is 81.6 Å². The number of methoxy groups -OCH3 is 2. The molecule has 43 heavy (non-hydrogen) atoms. The van der Waals surface area contributed by atoms with Crippen molar-refractivity contribution in [1.29, 1.82) is 0 Å². The van der Waals surface area contributed by atoms with Gasteiger partial charge < -0.3 is 24.8 Å². The number of anilines is 2. The molecule has 5 rings (SSSR count). The molecule has 0 fully saturated rings. The molecule has 0 saturated carbocycles. The number of benzene rings is 3. The minimum Gasteiger partial charge on any atom is -0.495 e. The Balaban J connectivity index is 1.56. The number of ether oxygens (including phenoxy) is 3. The summed E-state index contributed by atoms with van der Waals surface area (Å²) in [5.74, 6) is 2.81. The molecule has 4 aromatic rings. The number of thioether (sulfide) groups is 1. The fourth-order valence-electron chi connectivity index (χ4n) is 4.92. The summed E-state index contributed by atoms with van der Waals surface area (Å²) in [6.45, 7) is 6.41. The maximum atomic E-state index is 14.0. The summed E-state index contributed by atoms with van der Waals surface area (Å²) in [4.78, 5) is 18.7. The third-order valence-electron chi connectivity index (χ3n) is 6.90. The second kappa shape index (κ2) is 13.6. The molecule has 1 aromatic heterocycles. The SMILES string of the molecule is CCCSc1nc2n(n1)C(c1cc(Br)c(OCc3cccc(C)c3)c(OC)c1)C(C(=O)Nc1ccccc1OC)=C(C)N2. The molecular formula is C32H34BrN5O4S. The Morgan fingerprint density at radius 3 is 2.60 bits per heavy atom. The van der Waals surface area contributed by atoms with Crippen molar-refractivity contribution in [3.63, 3.8) is 0 Å². The summed E-state index contributed by atoms with van der Waals surface area (Å²) in [5.41, 5.74) is 4.70. The van der Waals surface area contributed by atoms with Crippen LogP contribution in [-0.4, -0.2) is 40.6 Å². The van der Waals surface area contributed by atoms with Gasteiger partial charge in [0.2, 0.25) is 11.1 Å². The number of carbonyl (C=O) groups is 1. The lowest BCUT2D eigenvalue weighted by molar-refractivity contribution is -0.113. The van der Waals surface area contributed by atoms with Crippen LogP contribution in [0, 0.1) is 6.92 Å². The smallest absolute Gasteiger partial charge is 0.255 e. The second-order valence-corrected chi connectivity index (χ2v) is 12.0. The van der Waals surface area contributed by atoms with E-state index in [-0.39, 0.29) is 5.91 Å². The highest BCUT2D eigenvalue weighted by molar-refractivity contribution is 9.10. The maximum absolute atomic E-state index is 14.0. The summed E-state index contributed by atoms with van der Waals surface area (Å²) in [5, 5.41) is 11.8. The predicted molar refractivity (Wildman–Crippen MR) is 173 cm³/mol. The molecule has 0 spiro atoms. The minimum absolute atomic E-state index is 0.293. The standard InChI is InChI=1S/C32H34BrN5O4S/c1-6-14-43-32-36-31-34-20(3)27(30(39)35-24-12-7-8-13-25(24)40-4)28(38(31)37-32)22-16-23(33)29(26(17-22)41-5)42-18-21-11-9-10-19(2)15-21/h7-13,15-17,28H,6,14,18H2,1-5H3,(H,35,39)(H,34,36,37). The Morgan fingerprint density at radius 2 is 1.86 bits per heavy atom. The lowest BCUT2D eigenvalue weighted by Crippen LogP contribution is -2.31. The largest absolute Gasteiger partial charge is 0.495 e. The Hall–Kier alpha value is -3.96. The van der Waals surface area contributed by atoms with Crippen molar-refractivity contribution < 1.29 is 19.0 Å². The van der Waals surface area contributed by atoms with Crippen molar-refractivity contribution in [2.24, 2.45) is 0 Å². The Bertz CT molecular complexity index is 1670. The van der Waals surface area contributed by atoms with E-state index in [0.717, 1.165) is 28.9 Å². The van der Waals surface area contributed by atoms with Gasteiger partial charge in [-0.2, -0.15) is 4.98 Å². The van der Waals surface area contributed by atoms with E-state index >= 15 is 0 Å². The topological polar surface area (TPSA) is 99.5 Å². The molecule has 2 heterocycles. The van der Waals surface area contributed by atoms with Crippen LogP contribution in [0.3, 0.4) is 0 Å². The van der Waals surface area contributed by atoms with Gasteiger partial charge in [0.25, 0.3) is 5.91 Å². The number of aryl methyl sites for hydroxylation is 1. The minimum atomic E-state index is -0.606. The lowest BCUT2D eigenvalue weighted by atomic mass is 9.94. The van der Waals surface area contributed by atoms with Crippen LogP contribution in [0.5, 0.6) is 17.2 Å². The molecule has 9 nitrogen and oxygen atoms in total. The quantitative estimate of drug-likeness (QED) is 0.160. The predicted octanol–water partition coefficient (Wildman–Crippen LogP) is 7.37. The number of hydrogen-bond acceptors (Lipinski definition) is 8. The van der Waals surface area contributed by atoms with Crippen LogP contribution in [0.4, 0.5) is 11.6 Å². The van der Waals surface area contributed by atoms with Crippen LogP contribution in [0.2, 0.25) is 0 Å². The van der Waals surface area contributed by atoms with Crippen LogP contribution in [0.1, 0.15) is 43.0 Å². The van der Waals surface area contributed by atoms with Gasteiger partial charge in [0.05, 0.1) is 30.0 Å². The molecule has 1 unspecified atom stereocenters. The Labute approximate surface area is 264 Å². The zero-order chi connectivity index (χ0) is 30.5. The third kappa shape index (κ3) is 6.67. The number of amides is 1. The van der Waals surface area contributed by atoms with Gasteiger partial charge >= 0.3 is 0 Å². The fourth-order valence-corrected chi connectivity index (χ4v) is 6.18. The molecule has 2 N–H and O–H groups in total. The summed E-state index contributed by atoms with van der Waals surface area (Å²) < 4.78 is 20.0. The molecule has 224 valence electrons. The van der Waals surface area contributed by atoms with Crippen LogP contribution in [0.25, 0.3) is 0 Å². The Kier molecular flexibility index (Phi) is 9.62. The molecule has 1 aliphatic heterocycles. The van der Waals surface area contributed by atoms with E-state index in [2.05, 4.69) is 52.5 Å². The van der Waals surface area contributed by atoms with E-state index in [1.807, 2.05) is 43.3 Å². The highest BCUT2D eigenvalue weighted by Gasteiger charge is 2.35. The van der Waals surface area contributed by atoms with Gasteiger partial charge in [-0.25, -0.2) is 4.68 Å². The highest BCUT2D eigenvalue weighted by Crippen LogP contribution is 2.43. The third-order valence-corrected chi connectivity index (χ3v) is 8.53. The van der Waals surface area contributed by atoms with E-state index in [9.17, 15) is 4.79 Å². The molecular weight excluding hydrogens is 630 g/mol. The number of rotatable bonds is 11. The van der Waals surface area contributed by atoms with E-state index in [1.54, 1.807) is 42.8 Å². The van der Waals surface area contributed by atoms with E-state index in [4.69, 9.17) is 24.3 Å². The number of nitrogens with one attached hydrogen (secondary N) is 2. The molecule has 1 atom stereocenters. The lowest BCUT2D eigenvalue weighted by Gasteiger charge is -2.29.